The normalized spacial score (nSPS) is 10.9. The average molecular weight is 457 g/mol. The van der Waals surface area contributed by atoms with Gasteiger partial charge in [-0.05, 0) is 55.0 Å². The van der Waals surface area contributed by atoms with E-state index in [1.54, 1.807) is 6.07 Å². The van der Waals surface area contributed by atoms with Gasteiger partial charge in [0, 0.05) is 20.8 Å². The summed E-state index contributed by atoms with van der Waals surface area (Å²) in [5.41, 5.74) is 2.43. The lowest BCUT2D eigenvalue weighted by molar-refractivity contribution is 0.0998. The van der Waals surface area contributed by atoms with Crippen LogP contribution in [0.3, 0.4) is 0 Å². The van der Waals surface area contributed by atoms with Crippen LogP contribution in [0.1, 0.15) is 23.9 Å². The number of anilines is 1. The summed E-state index contributed by atoms with van der Waals surface area (Å²) in [6.07, 6.45) is 0.972. The average Bonchev–Trinajstić information content (AvgIpc) is 3.33. The summed E-state index contributed by atoms with van der Waals surface area (Å²) in [6.45, 7) is 2.77. The van der Waals surface area contributed by atoms with Crippen molar-refractivity contribution in [1.29, 1.82) is 0 Å². The highest BCUT2D eigenvalue weighted by atomic mass is 79.9. The third-order valence-corrected chi connectivity index (χ3v) is 5.30. The highest BCUT2D eigenvalue weighted by molar-refractivity contribution is 9.10. The summed E-state index contributed by atoms with van der Waals surface area (Å²) in [7, 11) is 0. The number of fused-ring (bicyclic) bond motifs is 1. The molecule has 1 amide bonds. The van der Waals surface area contributed by atoms with Crippen LogP contribution < -0.4 is 10.1 Å². The van der Waals surface area contributed by atoms with E-state index < -0.39 is 0 Å². The second-order valence-electron chi connectivity index (χ2n) is 6.16. The van der Waals surface area contributed by atoms with Gasteiger partial charge in [0.05, 0.1) is 12.3 Å². The molecule has 0 spiro atoms. The molecule has 4 aromatic rings. The molecule has 0 saturated carbocycles. The molecule has 0 fully saturated rings. The molecule has 0 aliphatic carbocycles. The topological polar surface area (TPSA) is 64.4 Å². The Balaban J connectivity index is 1.47. The molecule has 142 valence electrons. The summed E-state index contributed by atoms with van der Waals surface area (Å²) in [4.78, 5) is 17.0. The number of nitrogens with one attached hydrogen (secondary N) is 1. The van der Waals surface area contributed by atoms with E-state index >= 15 is 0 Å². The second-order valence-corrected chi connectivity index (χ2v) is 7.93. The minimum absolute atomic E-state index is 0.252. The van der Waals surface area contributed by atoms with Gasteiger partial charge in [0.25, 0.3) is 5.91 Å². The minimum Gasteiger partial charge on any atom is -0.494 e. The summed E-state index contributed by atoms with van der Waals surface area (Å²) in [6, 6.07) is 15.1. The maximum Gasteiger partial charge on any atom is 0.293 e. The summed E-state index contributed by atoms with van der Waals surface area (Å²) < 4.78 is 12.2. The van der Waals surface area contributed by atoms with Gasteiger partial charge in [0.1, 0.15) is 11.3 Å². The number of ether oxygens (including phenoxy) is 1. The molecule has 1 N–H and O–H groups in total. The van der Waals surface area contributed by atoms with Gasteiger partial charge in [-0.2, -0.15) is 0 Å². The van der Waals surface area contributed by atoms with Crippen molar-refractivity contribution in [3.8, 4) is 17.0 Å². The summed E-state index contributed by atoms with van der Waals surface area (Å²) >= 11 is 4.79. The predicted molar refractivity (Wildman–Crippen MR) is 115 cm³/mol. The first-order valence-electron chi connectivity index (χ1n) is 8.81. The smallest absolute Gasteiger partial charge is 0.293 e. The van der Waals surface area contributed by atoms with Crippen LogP contribution in [-0.4, -0.2) is 17.5 Å². The van der Waals surface area contributed by atoms with Gasteiger partial charge in [0.2, 0.25) is 0 Å². The molecular weight excluding hydrogens is 440 g/mol. The molecule has 0 aliphatic heterocycles. The van der Waals surface area contributed by atoms with Crippen LogP contribution in [0.5, 0.6) is 5.75 Å². The number of amides is 1. The first kappa shape index (κ1) is 18.7. The highest BCUT2D eigenvalue weighted by Crippen LogP contribution is 2.28. The van der Waals surface area contributed by atoms with Crippen LogP contribution in [0.15, 0.2) is 62.8 Å². The molecule has 0 atom stereocenters. The van der Waals surface area contributed by atoms with Crippen LogP contribution in [-0.2, 0) is 0 Å². The van der Waals surface area contributed by atoms with Crippen LogP contribution in [0.4, 0.5) is 5.13 Å². The fraction of sp³-hybridized carbons (Fsp3) is 0.143. The van der Waals surface area contributed by atoms with Crippen molar-refractivity contribution in [2.24, 2.45) is 0 Å². The first-order valence-corrected chi connectivity index (χ1v) is 10.5. The highest BCUT2D eigenvalue weighted by Gasteiger charge is 2.15. The van der Waals surface area contributed by atoms with Gasteiger partial charge in [0.15, 0.2) is 10.9 Å². The molecule has 0 unspecified atom stereocenters. The number of furan rings is 1. The SMILES string of the molecule is CCCOc1ccc(-c2csc(NC(=O)c3cc4cc(Br)ccc4o3)n2)cc1. The fourth-order valence-electron chi connectivity index (χ4n) is 2.69. The van der Waals surface area contributed by atoms with Gasteiger partial charge in [-0.25, -0.2) is 4.98 Å². The van der Waals surface area contributed by atoms with Gasteiger partial charge in [-0.1, -0.05) is 22.9 Å². The number of benzene rings is 2. The Morgan fingerprint density at radius 3 is 2.82 bits per heavy atom. The van der Waals surface area contributed by atoms with E-state index in [9.17, 15) is 4.79 Å². The molecule has 7 heteroatoms. The summed E-state index contributed by atoms with van der Waals surface area (Å²) in [5.74, 6) is 0.768. The number of rotatable bonds is 6. The van der Waals surface area contributed by atoms with Crippen molar-refractivity contribution in [3.05, 3.63) is 64.1 Å². The van der Waals surface area contributed by atoms with Crippen molar-refractivity contribution < 1.29 is 13.9 Å². The van der Waals surface area contributed by atoms with Gasteiger partial charge in [-0.3, -0.25) is 10.1 Å². The Labute approximate surface area is 174 Å². The standard InChI is InChI=1S/C21H17BrN2O3S/c1-2-9-26-16-6-3-13(4-7-16)17-12-28-21(23-17)24-20(25)19-11-14-10-15(22)5-8-18(14)27-19/h3-8,10-12H,2,9H2,1H3,(H,23,24,25). The van der Waals surface area contributed by atoms with Crippen molar-refractivity contribution in [2.75, 3.05) is 11.9 Å². The molecular formula is C21H17BrN2O3S. The molecule has 0 aliphatic rings. The Morgan fingerprint density at radius 1 is 1.21 bits per heavy atom. The van der Waals surface area contributed by atoms with Crippen molar-refractivity contribution in [2.45, 2.75) is 13.3 Å². The maximum atomic E-state index is 12.5. The largest absolute Gasteiger partial charge is 0.494 e. The number of carbonyl (C=O) groups is 1. The molecule has 4 rings (SSSR count). The zero-order chi connectivity index (χ0) is 19.5. The first-order chi connectivity index (χ1) is 13.6. The molecule has 0 radical (unpaired) electrons. The lowest BCUT2D eigenvalue weighted by atomic mass is 10.2. The molecule has 0 saturated heterocycles. The Hall–Kier alpha value is -2.64. The molecule has 5 nitrogen and oxygen atoms in total. The molecule has 2 aromatic carbocycles. The number of aromatic nitrogens is 1. The van der Waals surface area contributed by atoms with E-state index in [1.165, 1.54) is 11.3 Å². The van der Waals surface area contributed by atoms with Crippen LogP contribution in [0.25, 0.3) is 22.2 Å². The van der Waals surface area contributed by atoms with Crippen LogP contribution in [0, 0.1) is 0 Å². The number of carbonyl (C=O) groups excluding carboxylic acids is 1. The van der Waals surface area contributed by atoms with Gasteiger partial charge >= 0.3 is 0 Å². The fourth-order valence-corrected chi connectivity index (χ4v) is 3.78. The predicted octanol–water partition coefficient (Wildman–Crippen LogP) is 6.36. The van der Waals surface area contributed by atoms with Gasteiger partial charge < -0.3 is 9.15 Å². The zero-order valence-corrected chi connectivity index (χ0v) is 17.5. The van der Waals surface area contributed by atoms with E-state index in [4.69, 9.17) is 9.15 Å². The van der Waals surface area contributed by atoms with E-state index in [1.807, 2.05) is 47.8 Å². The van der Waals surface area contributed by atoms with Crippen molar-refractivity contribution in [3.63, 3.8) is 0 Å². The van der Waals surface area contributed by atoms with E-state index in [-0.39, 0.29) is 11.7 Å². The lowest BCUT2D eigenvalue weighted by Gasteiger charge is -2.04. The Kier molecular flexibility index (Phi) is 5.45. The quantitative estimate of drug-likeness (QED) is 0.366. The van der Waals surface area contributed by atoms with Crippen LogP contribution in [0.2, 0.25) is 0 Å². The number of thiazole rings is 1. The van der Waals surface area contributed by atoms with E-state index in [0.717, 1.165) is 33.3 Å². The monoisotopic (exact) mass is 456 g/mol. The minimum atomic E-state index is -0.323. The third kappa shape index (κ3) is 4.10. The van der Waals surface area contributed by atoms with E-state index in [0.29, 0.717) is 17.3 Å². The summed E-state index contributed by atoms with van der Waals surface area (Å²) in [5, 5.41) is 6.10. The van der Waals surface area contributed by atoms with Crippen molar-refractivity contribution >= 4 is 49.3 Å². The second kappa shape index (κ2) is 8.16. The number of hydrogen-bond donors (Lipinski definition) is 1. The van der Waals surface area contributed by atoms with Crippen molar-refractivity contribution in [1.82, 2.24) is 4.98 Å². The lowest BCUT2D eigenvalue weighted by Crippen LogP contribution is -2.10. The number of nitrogens with zero attached hydrogens (tertiary/aromatic N) is 1. The zero-order valence-electron chi connectivity index (χ0n) is 15.1. The Bertz CT molecular complexity index is 1120. The Morgan fingerprint density at radius 2 is 2.04 bits per heavy atom. The molecule has 0 bridgehead atoms. The maximum absolute atomic E-state index is 12.5. The number of halogens is 1. The molecule has 2 aromatic heterocycles. The number of hydrogen-bond acceptors (Lipinski definition) is 5. The van der Waals surface area contributed by atoms with Crippen LogP contribution >= 0.6 is 27.3 Å². The molecule has 28 heavy (non-hydrogen) atoms. The third-order valence-electron chi connectivity index (χ3n) is 4.05. The molecule has 2 heterocycles. The van der Waals surface area contributed by atoms with E-state index in [2.05, 4.69) is 33.2 Å². The van der Waals surface area contributed by atoms with Gasteiger partial charge in [-0.15, -0.1) is 11.3 Å².